The van der Waals surface area contributed by atoms with Gasteiger partial charge in [0, 0.05) is 15.4 Å². The van der Waals surface area contributed by atoms with E-state index in [4.69, 9.17) is 0 Å². The Balaban J connectivity index is 1.59. The van der Waals surface area contributed by atoms with Gasteiger partial charge in [0.2, 0.25) is 0 Å². The normalized spacial score (nSPS) is 11.9. The van der Waals surface area contributed by atoms with E-state index in [1.807, 2.05) is 54.6 Å². The van der Waals surface area contributed by atoms with Crippen molar-refractivity contribution >= 4 is 35.1 Å². The standard InChI is InChI=1S/C20H15N3O2S/c24-19(14-8-2-1-3-9-14)21-22-20(25)23-15-10-4-6-12-17(15)26-18-13-7-5-11-16(18)23/h1-13H,(H,21,24)(H,22,25). The Hall–Kier alpha value is -3.25. The molecule has 0 aromatic heterocycles. The average molecular weight is 361 g/mol. The molecule has 1 aliphatic heterocycles. The van der Waals surface area contributed by atoms with E-state index in [0.29, 0.717) is 5.56 Å². The van der Waals surface area contributed by atoms with Crippen molar-refractivity contribution in [1.82, 2.24) is 10.9 Å². The van der Waals surface area contributed by atoms with Gasteiger partial charge in [-0.1, -0.05) is 54.2 Å². The fourth-order valence-electron chi connectivity index (χ4n) is 2.75. The number of hydrogen-bond acceptors (Lipinski definition) is 3. The maximum atomic E-state index is 12.9. The number of urea groups is 1. The van der Waals surface area contributed by atoms with Gasteiger partial charge in [0.05, 0.1) is 11.4 Å². The largest absolute Gasteiger partial charge is 0.345 e. The number of benzene rings is 3. The smallest absolute Gasteiger partial charge is 0.267 e. The van der Waals surface area contributed by atoms with E-state index in [2.05, 4.69) is 10.9 Å². The highest BCUT2D eigenvalue weighted by Gasteiger charge is 2.28. The number of para-hydroxylation sites is 2. The summed E-state index contributed by atoms with van der Waals surface area (Å²) in [7, 11) is 0. The zero-order chi connectivity index (χ0) is 17.9. The number of amides is 3. The summed E-state index contributed by atoms with van der Waals surface area (Å²) in [5.41, 5.74) is 7.02. The molecule has 128 valence electrons. The first kappa shape index (κ1) is 16.2. The van der Waals surface area contributed by atoms with Gasteiger partial charge in [-0.05, 0) is 36.4 Å². The summed E-state index contributed by atoms with van der Waals surface area (Å²) in [6.45, 7) is 0. The molecule has 5 nitrogen and oxygen atoms in total. The second kappa shape index (κ2) is 6.93. The maximum absolute atomic E-state index is 12.9. The zero-order valence-electron chi connectivity index (χ0n) is 13.7. The molecule has 26 heavy (non-hydrogen) atoms. The van der Waals surface area contributed by atoms with Gasteiger partial charge in [-0.25, -0.2) is 10.2 Å². The Morgan fingerprint density at radius 2 is 1.23 bits per heavy atom. The molecule has 2 N–H and O–H groups in total. The zero-order valence-corrected chi connectivity index (χ0v) is 14.5. The van der Waals surface area contributed by atoms with Crippen molar-refractivity contribution in [1.29, 1.82) is 0 Å². The number of nitrogens with zero attached hydrogens (tertiary/aromatic N) is 1. The highest BCUT2D eigenvalue weighted by Crippen LogP contribution is 2.47. The molecule has 3 aromatic carbocycles. The van der Waals surface area contributed by atoms with Crippen LogP contribution in [0.1, 0.15) is 10.4 Å². The first-order chi connectivity index (χ1) is 12.7. The maximum Gasteiger partial charge on any atom is 0.345 e. The highest BCUT2D eigenvalue weighted by molar-refractivity contribution is 7.99. The van der Waals surface area contributed by atoms with Crippen molar-refractivity contribution in [2.24, 2.45) is 0 Å². The van der Waals surface area contributed by atoms with Crippen LogP contribution in [-0.4, -0.2) is 11.9 Å². The van der Waals surface area contributed by atoms with Crippen LogP contribution >= 0.6 is 11.8 Å². The van der Waals surface area contributed by atoms with Crippen molar-refractivity contribution in [2.75, 3.05) is 4.90 Å². The molecular weight excluding hydrogens is 346 g/mol. The van der Waals surface area contributed by atoms with Crippen molar-refractivity contribution in [2.45, 2.75) is 9.79 Å². The number of rotatable bonds is 1. The van der Waals surface area contributed by atoms with Crippen LogP contribution in [0.5, 0.6) is 0 Å². The monoisotopic (exact) mass is 361 g/mol. The summed E-state index contributed by atoms with van der Waals surface area (Å²) in [4.78, 5) is 28.6. The molecule has 6 heteroatoms. The van der Waals surface area contributed by atoms with Gasteiger partial charge in [-0.15, -0.1) is 0 Å². The van der Waals surface area contributed by atoms with Gasteiger partial charge in [0.1, 0.15) is 0 Å². The van der Waals surface area contributed by atoms with Crippen molar-refractivity contribution < 1.29 is 9.59 Å². The van der Waals surface area contributed by atoms with Gasteiger partial charge in [-0.3, -0.25) is 15.1 Å². The van der Waals surface area contributed by atoms with Gasteiger partial charge >= 0.3 is 6.03 Å². The lowest BCUT2D eigenvalue weighted by Gasteiger charge is -2.30. The minimum Gasteiger partial charge on any atom is -0.267 e. The van der Waals surface area contributed by atoms with Crippen LogP contribution in [0.3, 0.4) is 0 Å². The Kier molecular flexibility index (Phi) is 4.33. The third-order valence-corrected chi connectivity index (χ3v) is 5.08. The van der Waals surface area contributed by atoms with E-state index in [1.54, 1.807) is 40.9 Å². The van der Waals surface area contributed by atoms with Crippen LogP contribution in [0.15, 0.2) is 88.7 Å². The van der Waals surface area contributed by atoms with Crippen molar-refractivity contribution in [3.05, 3.63) is 84.4 Å². The molecule has 0 radical (unpaired) electrons. The van der Waals surface area contributed by atoms with E-state index in [0.717, 1.165) is 21.2 Å². The van der Waals surface area contributed by atoms with E-state index < -0.39 is 6.03 Å². The SMILES string of the molecule is O=C(NNC(=O)N1c2ccccc2Sc2ccccc21)c1ccccc1. The van der Waals surface area contributed by atoms with Crippen molar-refractivity contribution in [3.8, 4) is 0 Å². The summed E-state index contributed by atoms with van der Waals surface area (Å²) < 4.78 is 0. The molecule has 1 aliphatic rings. The number of carbonyl (C=O) groups excluding carboxylic acids is 2. The summed E-state index contributed by atoms with van der Waals surface area (Å²) in [6, 6.07) is 23.7. The molecule has 0 unspecified atom stereocenters. The van der Waals surface area contributed by atoms with E-state index in [9.17, 15) is 9.59 Å². The number of carbonyl (C=O) groups is 2. The second-order valence-corrected chi connectivity index (χ2v) is 6.71. The molecule has 0 saturated heterocycles. The minimum absolute atomic E-state index is 0.369. The van der Waals surface area contributed by atoms with Crippen LogP contribution in [0.4, 0.5) is 16.2 Å². The van der Waals surface area contributed by atoms with E-state index in [1.165, 1.54) is 0 Å². The van der Waals surface area contributed by atoms with Gasteiger partial charge < -0.3 is 0 Å². The highest BCUT2D eigenvalue weighted by atomic mass is 32.2. The number of nitrogens with one attached hydrogen (secondary N) is 2. The first-order valence-electron chi connectivity index (χ1n) is 8.05. The van der Waals surface area contributed by atoms with Crippen LogP contribution in [0.2, 0.25) is 0 Å². The lowest BCUT2D eigenvalue weighted by molar-refractivity contribution is 0.0937. The Morgan fingerprint density at radius 1 is 0.692 bits per heavy atom. The van der Waals surface area contributed by atoms with Gasteiger partial charge in [0.15, 0.2) is 0 Å². The topological polar surface area (TPSA) is 61.4 Å². The van der Waals surface area contributed by atoms with E-state index in [-0.39, 0.29) is 5.91 Å². The number of hydrazine groups is 1. The second-order valence-electron chi connectivity index (χ2n) is 5.62. The predicted octanol–water partition coefficient (Wildman–Crippen LogP) is 4.34. The molecule has 1 heterocycles. The van der Waals surface area contributed by atoms with Crippen LogP contribution in [-0.2, 0) is 0 Å². The van der Waals surface area contributed by atoms with Gasteiger partial charge in [-0.2, -0.15) is 0 Å². The van der Waals surface area contributed by atoms with E-state index >= 15 is 0 Å². The lowest BCUT2D eigenvalue weighted by Crippen LogP contribution is -2.48. The molecule has 0 bridgehead atoms. The van der Waals surface area contributed by atoms with Crippen LogP contribution < -0.4 is 15.8 Å². The quantitative estimate of drug-likeness (QED) is 0.634. The first-order valence-corrected chi connectivity index (χ1v) is 8.87. The molecule has 0 atom stereocenters. The average Bonchev–Trinajstić information content (AvgIpc) is 2.70. The fourth-order valence-corrected chi connectivity index (χ4v) is 3.81. The molecule has 3 amide bonds. The number of anilines is 2. The van der Waals surface area contributed by atoms with Gasteiger partial charge in [0.25, 0.3) is 5.91 Å². The van der Waals surface area contributed by atoms with Crippen molar-refractivity contribution in [3.63, 3.8) is 0 Å². The summed E-state index contributed by atoms with van der Waals surface area (Å²) >= 11 is 1.62. The Labute approximate surface area is 155 Å². The molecule has 0 fully saturated rings. The lowest BCUT2D eigenvalue weighted by atomic mass is 10.2. The third kappa shape index (κ3) is 3.02. The molecule has 0 spiro atoms. The third-order valence-electron chi connectivity index (χ3n) is 3.95. The molecule has 0 aliphatic carbocycles. The molecule has 4 rings (SSSR count). The Morgan fingerprint density at radius 3 is 1.85 bits per heavy atom. The molecular formula is C20H15N3O2S. The molecule has 3 aromatic rings. The minimum atomic E-state index is -0.422. The fraction of sp³-hybridized carbons (Fsp3) is 0. The summed E-state index contributed by atoms with van der Waals surface area (Å²) in [5, 5.41) is 0. The van der Waals surface area contributed by atoms with Crippen LogP contribution in [0, 0.1) is 0 Å². The predicted molar refractivity (Wildman–Crippen MR) is 102 cm³/mol. The Bertz CT molecular complexity index is 930. The molecule has 0 saturated carbocycles. The summed E-state index contributed by atoms with van der Waals surface area (Å²) in [5.74, 6) is -0.369. The number of hydrogen-bond donors (Lipinski definition) is 2. The summed E-state index contributed by atoms with van der Waals surface area (Å²) in [6.07, 6.45) is 0. The van der Waals surface area contributed by atoms with Crippen LogP contribution in [0.25, 0.3) is 0 Å². The number of fused-ring (bicyclic) bond motifs is 2.